The lowest BCUT2D eigenvalue weighted by molar-refractivity contribution is -0.160. The number of rotatable bonds is 6. The van der Waals surface area contributed by atoms with Crippen LogP contribution in [0.1, 0.15) is 65.7 Å². The summed E-state index contributed by atoms with van der Waals surface area (Å²) in [5.41, 5.74) is -1.68. The summed E-state index contributed by atoms with van der Waals surface area (Å²) in [6, 6.07) is 0. The lowest BCUT2D eigenvalue weighted by Gasteiger charge is -2.62. The number of fused-ring (bicyclic) bond motifs is 5. The average Bonchev–Trinajstić information content (AvgIpc) is 3.07. The van der Waals surface area contributed by atoms with Crippen LogP contribution in [0.3, 0.4) is 0 Å². The third-order valence-corrected chi connectivity index (χ3v) is 9.84. The SMILES string of the molecule is C[C@H]1C[C@H]2[C@@H]3C[C@H](COC(=O)CCO)[C@H](C(=O)CO)[C@@]3(C)CC[C@]2(F)[C@@]2(C)CCC(=O)C=C12. The van der Waals surface area contributed by atoms with E-state index in [2.05, 4.69) is 6.92 Å². The van der Waals surface area contributed by atoms with Gasteiger partial charge in [-0.05, 0) is 61.3 Å². The van der Waals surface area contributed by atoms with Crippen molar-refractivity contribution < 1.29 is 33.7 Å². The monoisotopic (exact) mass is 464 g/mol. The summed E-state index contributed by atoms with van der Waals surface area (Å²) in [7, 11) is 0. The van der Waals surface area contributed by atoms with Crippen LogP contribution in [0.4, 0.5) is 4.39 Å². The van der Waals surface area contributed by atoms with Crippen molar-refractivity contribution in [2.45, 2.75) is 71.4 Å². The van der Waals surface area contributed by atoms with Gasteiger partial charge in [-0.1, -0.05) is 26.3 Å². The first kappa shape index (κ1) is 24.5. The van der Waals surface area contributed by atoms with Gasteiger partial charge in [-0.3, -0.25) is 14.4 Å². The minimum Gasteiger partial charge on any atom is -0.465 e. The van der Waals surface area contributed by atoms with Crippen molar-refractivity contribution in [2.24, 2.45) is 40.4 Å². The van der Waals surface area contributed by atoms with Gasteiger partial charge in [0, 0.05) is 23.7 Å². The Bertz CT molecular complexity index is 869. The zero-order valence-electron chi connectivity index (χ0n) is 19.9. The van der Waals surface area contributed by atoms with Gasteiger partial charge in [-0.25, -0.2) is 4.39 Å². The zero-order valence-corrected chi connectivity index (χ0v) is 19.9. The first-order valence-corrected chi connectivity index (χ1v) is 12.4. The number of hydrogen-bond donors (Lipinski definition) is 2. The van der Waals surface area contributed by atoms with Gasteiger partial charge in [0.15, 0.2) is 11.6 Å². The molecule has 0 unspecified atom stereocenters. The Morgan fingerprint density at radius 2 is 1.88 bits per heavy atom. The van der Waals surface area contributed by atoms with E-state index >= 15 is 4.39 Å². The summed E-state index contributed by atoms with van der Waals surface area (Å²) in [6.45, 7) is 5.27. The second-order valence-corrected chi connectivity index (χ2v) is 11.4. The molecule has 0 bridgehead atoms. The number of esters is 1. The van der Waals surface area contributed by atoms with Crippen LogP contribution in [0.2, 0.25) is 0 Å². The standard InChI is InChI=1S/C26H37FO6/c1-15-10-20-19-11-16(14-33-22(32)5-9-28)23(21(31)13-29)24(19,2)7-8-26(20,27)25(3)6-4-17(30)12-18(15)25/h12,15-16,19-20,23,28-29H,4-11,13-14H2,1-3H3/t15-,16+,19-,20-,23+,24-,25-,26+/m0/s1. The van der Waals surface area contributed by atoms with E-state index in [0.717, 1.165) is 5.57 Å². The second kappa shape index (κ2) is 8.56. The Labute approximate surface area is 195 Å². The van der Waals surface area contributed by atoms with Gasteiger partial charge >= 0.3 is 5.97 Å². The molecule has 4 aliphatic carbocycles. The number of hydrogen-bond acceptors (Lipinski definition) is 6. The number of alkyl halides is 1. The molecular weight excluding hydrogens is 427 g/mol. The highest BCUT2D eigenvalue weighted by Gasteiger charge is 2.70. The van der Waals surface area contributed by atoms with E-state index in [1.54, 1.807) is 6.08 Å². The largest absolute Gasteiger partial charge is 0.465 e. The zero-order chi connectivity index (χ0) is 24.2. The molecule has 0 spiro atoms. The van der Waals surface area contributed by atoms with Crippen LogP contribution in [0.25, 0.3) is 0 Å². The van der Waals surface area contributed by atoms with Gasteiger partial charge in [0.2, 0.25) is 0 Å². The third kappa shape index (κ3) is 3.61. The molecule has 4 aliphatic rings. The molecule has 184 valence electrons. The minimum absolute atomic E-state index is 0.0415. The quantitative estimate of drug-likeness (QED) is 0.586. The van der Waals surface area contributed by atoms with Crippen LogP contribution < -0.4 is 0 Å². The Balaban J connectivity index is 1.68. The highest BCUT2D eigenvalue weighted by Crippen LogP contribution is 2.71. The highest BCUT2D eigenvalue weighted by molar-refractivity contribution is 5.92. The first-order valence-electron chi connectivity index (χ1n) is 12.4. The van der Waals surface area contributed by atoms with Gasteiger partial charge in [-0.15, -0.1) is 0 Å². The summed E-state index contributed by atoms with van der Waals surface area (Å²) < 4.78 is 22.6. The molecule has 8 atom stereocenters. The molecule has 0 aromatic rings. The van der Waals surface area contributed by atoms with E-state index in [-0.39, 0.29) is 54.9 Å². The van der Waals surface area contributed by atoms with Gasteiger partial charge in [0.05, 0.1) is 19.6 Å². The maximum Gasteiger partial charge on any atom is 0.308 e. The van der Waals surface area contributed by atoms with E-state index in [4.69, 9.17) is 9.84 Å². The lowest BCUT2D eigenvalue weighted by Crippen LogP contribution is -2.62. The van der Waals surface area contributed by atoms with Gasteiger partial charge in [0.1, 0.15) is 12.3 Å². The minimum atomic E-state index is -1.45. The van der Waals surface area contributed by atoms with Crippen molar-refractivity contribution in [1.29, 1.82) is 0 Å². The summed E-state index contributed by atoms with van der Waals surface area (Å²) in [6.07, 6.45) is 4.50. The predicted octanol–water partition coefficient (Wildman–Crippen LogP) is 3.19. The molecule has 0 aromatic heterocycles. The van der Waals surface area contributed by atoms with Crippen LogP contribution in [0.5, 0.6) is 0 Å². The molecule has 0 aromatic carbocycles. The van der Waals surface area contributed by atoms with E-state index in [1.165, 1.54) is 0 Å². The Kier molecular flexibility index (Phi) is 6.36. The van der Waals surface area contributed by atoms with Crippen molar-refractivity contribution in [3.05, 3.63) is 11.6 Å². The molecular formula is C26H37FO6. The van der Waals surface area contributed by atoms with Crippen LogP contribution in [-0.2, 0) is 19.1 Å². The maximum absolute atomic E-state index is 17.2. The molecule has 0 heterocycles. The van der Waals surface area contributed by atoms with Crippen molar-refractivity contribution >= 4 is 17.5 Å². The van der Waals surface area contributed by atoms with Gasteiger partial charge in [0.25, 0.3) is 0 Å². The summed E-state index contributed by atoms with van der Waals surface area (Å²) in [4.78, 5) is 36.9. The van der Waals surface area contributed by atoms with Gasteiger partial charge in [-0.2, -0.15) is 0 Å². The number of aliphatic hydroxyl groups excluding tert-OH is 2. The van der Waals surface area contributed by atoms with E-state index in [9.17, 15) is 19.5 Å². The highest BCUT2D eigenvalue weighted by atomic mass is 19.1. The maximum atomic E-state index is 17.2. The molecule has 3 fully saturated rings. The molecule has 33 heavy (non-hydrogen) atoms. The third-order valence-electron chi connectivity index (χ3n) is 9.84. The average molecular weight is 465 g/mol. The van der Waals surface area contributed by atoms with E-state index in [0.29, 0.717) is 38.5 Å². The van der Waals surface area contributed by atoms with Crippen LogP contribution in [-0.4, -0.2) is 53.2 Å². The number of aliphatic hydroxyl groups is 2. The summed E-state index contributed by atoms with van der Waals surface area (Å²) in [5, 5.41) is 18.7. The second-order valence-electron chi connectivity index (χ2n) is 11.4. The Morgan fingerprint density at radius 3 is 2.55 bits per heavy atom. The molecule has 3 saturated carbocycles. The predicted molar refractivity (Wildman–Crippen MR) is 119 cm³/mol. The van der Waals surface area contributed by atoms with Crippen molar-refractivity contribution in [3.8, 4) is 0 Å². The van der Waals surface area contributed by atoms with Crippen LogP contribution in [0, 0.1) is 40.4 Å². The summed E-state index contributed by atoms with van der Waals surface area (Å²) >= 11 is 0. The Morgan fingerprint density at radius 1 is 1.15 bits per heavy atom. The fraction of sp³-hybridized carbons (Fsp3) is 0.808. The van der Waals surface area contributed by atoms with Gasteiger partial charge < -0.3 is 14.9 Å². The fourth-order valence-corrected chi connectivity index (χ4v) is 8.28. The number of carbonyl (C=O) groups excluding carboxylic acids is 3. The Hall–Kier alpha value is -1.60. The molecule has 4 rings (SSSR count). The van der Waals surface area contributed by atoms with Crippen LogP contribution >= 0.6 is 0 Å². The molecule has 0 amide bonds. The molecule has 0 saturated heterocycles. The van der Waals surface area contributed by atoms with Crippen molar-refractivity contribution in [2.75, 3.05) is 19.8 Å². The van der Waals surface area contributed by atoms with Crippen molar-refractivity contribution in [3.63, 3.8) is 0 Å². The topological polar surface area (TPSA) is 101 Å². The first-order chi connectivity index (χ1) is 15.5. The number of carbonyl (C=O) groups is 3. The summed E-state index contributed by atoms with van der Waals surface area (Å²) in [5.74, 6) is -1.73. The molecule has 6 nitrogen and oxygen atoms in total. The smallest absolute Gasteiger partial charge is 0.308 e. The number of ether oxygens (including phenoxy) is 1. The molecule has 0 radical (unpaired) electrons. The fourth-order valence-electron chi connectivity index (χ4n) is 8.28. The molecule has 7 heteroatoms. The normalized spacial score (nSPS) is 44.4. The number of halogens is 1. The number of allylic oxidation sites excluding steroid dienone is 1. The molecule has 2 N–H and O–H groups in total. The molecule has 0 aliphatic heterocycles. The number of ketones is 2. The van der Waals surface area contributed by atoms with E-state index < -0.39 is 35.0 Å². The van der Waals surface area contributed by atoms with Crippen LogP contribution in [0.15, 0.2) is 11.6 Å². The number of Topliss-reactive ketones (excluding diaryl/α,β-unsaturated/α-hetero) is 1. The van der Waals surface area contributed by atoms with Crippen molar-refractivity contribution in [1.82, 2.24) is 0 Å². The van der Waals surface area contributed by atoms with E-state index in [1.807, 2.05) is 13.8 Å². The lowest BCUT2D eigenvalue weighted by atomic mass is 9.43.